The van der Waals surface area contributed by atoms with E-state index < -0.39 is 0 Å². The van der Waals surface area contributed by atoms with E-state index in [2.05, 4.69) is 52.5 Å². The minimum atomic E-state index is -0.00128. The van der Waals surface area contributed by atoms with Gasteiger partial charge in [-0.05, 0) is 64.8 Å². The Morgan fingerprint density at radius 3 is 2.37 bits per heavy atom. The minimum absolute atomic E-state index is 0.00128. The molecule has 0 bridgehead atoms. The predicted octanol–water partition coefficient (Wildman–Crippen LogP) is 4.22. The summed E-state index contributed by atoms with van der Waals surface area (Å²) in [5, 5.41) is 0. The lowest BCUT2D eigenvalue weighted by molar-refractivity contribution is 0.112. The zero-order chi connectivity index (χ0) is 14.4. The van der Waals surface area contributed by atoms with Crippen molar-refractivity contribution in [2.75, 3.05) is 4.90 Å². The molecule has 0 spiro atoms. The molecule has 1 heterocycles. The van der Waals surface area contributed by atoms with E-state index in [-0.39, 0.29) is 5.54 Å². The second-order valence-electron chi connectivity index (χ2n) is 6.30. The molecule has 1 aliphatic rings. The normalized spacial score (nSPS) is 17.2. The largest absolute Gasteiger partial charge is 0.360 e. The summed E-state index contributed by atoms with van der Waals surface area (Å²) in [5.41, 5.74) is 5.64. The van der Waals surface area contributed by atoms with Crippen molar-refractivity contribution in [3.05, 3.63) is 34.9 Å². The van der Waals surface area contributed by atoms with Gasteiger partial charge < -0.3 is 4.90 Å². The van der Waals surface area contributed by atoms with Crippen LogP contribution >= 0.6 is 0 Å². The Morgan fingerprint density at radius 1 is 1.21 bits per heavy atom. The smallest absolute Gasteiger partial charge is 0.150 e. The molecule has 0 radical (unpaired) electrons. The molecule has 2 nitrogen and oxygen atoms in total. The molecule has 2 heteroatoms. The van der Waals surface area contributed by atoms with E-state index >= 15 is 0 Å². The summed E-state index contributed by atoms with van der Waals surface area (Å²) in [6.07, 6.45) is 3.23. The number of rotatable bonds is 2. The minimum Gasteiger partial charge on any atom is -0.360 e. The molecule has 1 aromatic carbocycles. The van der Waals surface area contributed by atoms with E-state index in [0.717, 1.165) is 11.8 Å². The Bertz CT molecular complexity index is 553. The van der Waals surface area contributed by atoms with Crippen molar-refractivity contribution < 1.29 is 4.79 Å². The van der Waals surface area contributed by atoms with Crippen molar-refractivity contribution >= 4 is 17.5 Å². The van der Waals surface area contributed by atoms with Gasteiger partial charge in [-0.15, -0.1) is 0 Å². The van der Waals surface area contributed by atoms with Crippen LogP contribution in [-0.2, 0) is 0 Å². The molecule has 0 N–H and O–H groups in total. The number of allylic oxidation sites excluding steroid dienone is 1. The van der Waals surface area contributed by atoms with Gasteiger partial charge in [0.2, 0.25) is 0 Å². The van der Waals surface area contributed by atoms with Crippen LogP contribution in [0.3, 0.4) is 0 Å². The van der Waals surface area contributed by atoms with Crippen LogP contribution in [-0.4, -0.2) is 17.9 Å². The van der Waals surface area contributed by atoms with Crippen molar-refractivity contribution in [3.8, 4) is 0 Å². The predicted molar refractivity (Wildman–Crippen MR) is 81.9 cm³/mol. The standard InChI is InChI=1S/C17H23NO/c1-11(2)18-16-12(3)7-14(10-19)8-15(16)13(4)9-17(18,5)6/h7-11H,1-6H3. The van der Waals surface area contributed by atoms with Gasteiger partial charge in [-0.25, -0.2) is 0 Å². The van der Waals surface area contributed by atoms with E-state index in [0.29, 0.717) is 6.04 Å². The molecule has 0 unspecified atom stereocenters. The van der Waals surface area contributed by atoms with Gasteiger partial charge in [0.05, 0.1) is 5.54 Å². The molecular weight excluding hydrogens is 234 g/mol. The summed E-state index contributed by atoms with van der Waals surface area (Å²) in [6, 6.07) is 4.40. The van der Waals surface area contributed by atoms with Crippen LogP contribution in [0.5, 0.6) is 0 Å². The Kier molecular flexibility index (Phi) is 3.29. The first kappa shape index (κ1) is 13.9. The molecule has 0 saturated carbocycles. The third-order valence-electron chi connectivity index (χ3n) is 3.83. The second-order valence-corrected chi connectivity index (χ2v) is 6.30. The SMILES string of the molecule is CC1=CC(C)(C)N(C(C)C)c2c(C)cc(C=O)cc21. The topological polar surface area (TPSA) is 20.3 Å². The molecule has 19 heavy (non-hydrogen) atoms. The lowest BCUT2D eigenvalue weighted by atomic mass is 9.85. The molecule has 102 valence electrons. The first-order valence-corrected chi connectivity index (χ1v) is 6.87. The molecule has 2 rings (SSSR count). The van der Waals surface area contributed by atoms with Gasteiger partial charge in [0, 0.05) is 22.9 Å². The lowest BCUT2D eigenvalue weighted by Gasteiger charge is -2.47. The van der Waals surface area contributed by atoms with E-state index in [4.69, 9.17) is 0 Å². The van der Waals surface area contributed by atoms with E-state index in [1.807, 2.05) is 12.1 Å². The van der Waals surface area contributed by atoms with Gasteiger partial charge in [-0.3, -0.25) is 4.79 Å². The molecule has 1 aliphatic heterocycles. The maximum absolute atomic E-state index is 11.1. The van der Waals surface area contributed by atoms with Crippen LogP contribution < -0.4 is 4.90 Å². The highest BCUT2D eigenvalue weighted by molar-refractivity contribution is 5.88. The monoisotopic (exact) mass is 257 g/mol. The highest BCUT2D eigenvalue weighted by Gasteiger charge is 2.34. The van der Waals surface area contributed by atoms with Crippen molar-refractivity contribution in [3.63, 3.8) is 0 Å². The number of aldehydes is 1. The molecule has 1 aromatic rings. The zero-order valence-electron chi connectivity index (χ0n) is 12.7. The van der Waals surface area contributed by atoms with Gasteiger partial charge in [0.1, 0.15) is 6.29 Å². The quantitative estimate of drug-likeness (QED) is 0.739. The van der Waals surface area contributed by atoms with Crippen LogP contribution in [0.2, 0.25) is 0 Å². The van der Waals surface area contributed by atoms with Crippen LogP contribution in [0.4, 0.5) is 5.69 Å². The number of hydrogen-bond donors (Lipinski definition) is 0. The average Bonchev–Trinajstić information content (AvgIpc) is 2.28. The van der Waals surface area contributed by atoms with Gasteiger partial charge in [0.25, 0.3) is 0 Å². The average molecular weight is 257 g/mol. The summed E-state index contributed by atoms with van der Waals surface area (Å²) in [6.45, 7) is 13.1. The van der Waals surface area contributed by atoms with E-state index in [1.165, 1.54) is 22.4 Å². The second kappa shape index (κ2) is 4.52. The number of anilines is 1. The van der Waals surface area contributed by atoms with Gasteiger partial charge in [-0.1, -0.05) is 6.08 Å². The number of carbonyl (C=O) groups is 1. The van der Waals surface area contributed by atoms with Crippen molar-refractivity contribution in [2.45, 2.75) is 53.1 Å². The molecule has 0 saturated heterocycles. The number of fused-ring (bicyclic) bond motifs is 1. The van der Waals surface area contributed by atoms with Gasteiger partial charge >= 0.3 is 0 Å². The van der Waals surface area contributed by atoms with Crippen LogP contribution in [0.1, 0.15) is 56.1 Å². The highest BCUT2D eigenvalue weighted by atomic mass is 16.1. The van der Waals surface area contributed by atoms with Gasteiger partial charge in [0.15, 0.2) is 0 Å². The molecule has 0 fully saturated rings. The summed E-state index contributed by atoms with van der Waals surface area (Å²) in [5.74, 6) is 0. The molecule has 0 amide bonds. The first-order valence-electron chi connectivity index (χ1n) is 6.87. The molecule has 0 atom stereocenters. The summed E-state index contributed by atoms with van der Waals surface area (Å²) >= 11 is 0. The zero-order valence-corrected chi connectivity index (χ0v) is 12.7. The number of carbonyl (C=O) groups excluding carboxylic acids is 1. The molecular formula is C17H23NO. The fourth-order valence-corrected chi connectivity index (χ4v) is 3.38. The third-order valence-corrected chi connectivity index (χ3v) is 3.83. The number of aryl methyl sites for hydroxylation is 1. The van der Waals surface area contributed by atoms with Crippen LogP contribution in [0, 0.1) is 6.92 Å². The number of benzene rings is 1. The summed E-state index contributed by atoms with van der Waals surface area (Å²) in [4.78, 5) is 13.5. The van der Waals surface area contributed by atoms with E-state index in [9.17, 15) is 4.79 Å². The fraction of sp³-hybridized carbons (Fsp3) is 0.471. The lowest BCUT2D eigenvalue weighted by Crippen LogP contribution is -2.49. The number of nitrogens with zero attached hydrogens (tertiary/aromatic N) is 1. The van der Waals surface area contributed by atoms with Crippen molar-refractivity contribution in [2.24, 2.45) is 0 Å². The maximum atomic E-state index is 11.1. The Hall–Kier alpha value is -1.57. The molecule has 0 aliphatic carbocycles. The fourth-order valence-electron chi connectivity index (χ4n) is 3.38. The summed E-state index contributed by atoms with van der Waals surface area (Å²) in [7, 11) is 0. The summed E-state index contributed by atoms with van der Waals surface area (Å²) < 4.78 is 0. The Labute approximate surface area is 116 Å². The van der Waals surface area contributed by atoms with Crippen molar-refractivity contribution in [1.29, 1.82) is 0 Å². The molecule has 0 aromatic heterocycles. The number of hydrogen-bond acceptors (Lipinski definition) is 2. The Balaban J connectivity index is 2.76. The Morgan fingerprint density at radius 2 is 1.84 bits per heavy atom. The maximum Gasteiger partial charge on any atom is 0.150 e. The van der Waals surface area contributed by atoms with Crippen molar-refractivity contribution in [1.82, 2.24) is 0 Å². The van der Waals surface area contributed by atoms with Gasteiger partial charge in [-0.2, -0.15) is 0 Å². The third kappa shape index (κ3) is 2.20. The van der Waals surface area contributed by atoms with Crippen LogP contribution in [0.15, 0.2) is 18.2 Å². The van der Waals surface area contributed by atoms with Crippen LogP contribution in [0.25, 0.3) is 5.57 Å². The highest BCUT2D eigenvalue weighted by Crippen LogP contribution is 2.42. The first-order chi connectivity index (χ1) is 8.77. The van der Waals surface area contributed by atoms with E-state index in [1.54, 1.807) is 0 Å².